The van der Waals surface area contributed by atoms with Crippen LogP contribution in [0.4, 0.5) is 11.4 Å². The van der Waals surface area contributed by atoms with E-state index in [0.717, 1.165) is 34.5 Å². The Morgan fingerprint density at radius 3 is 2.15 bits per heavy atom. The largest absolute Gasteiger partial charge is 0.326 e. The molecule has 0 bridgehead atoms. The molecule has 0 heterocycles. The number of rotatable bonds is 5. The molecule has 1 aliphatic carbocycles. The Bertz CT molecular complexity index is 834. The van der Waals surface area contributed by atoms with Gasteiger partial charge in [0.1, 0.15) is 0 Å². The lowest BCUT2D eigenvalue weighted by Gasteiger charge is -2.13. The number of aryl methyl sites for hydroxylation is 4. The molecule has 0 saturated heterocycles. The van der Waals surface area contributed by atoms with E-state index in [4.69, 9.17) is 0 Å². The first kappa shape index (κ1) is 18.2. The van der Waals surface area contributed by atoms with Gasteiger partial charge in [0.25, 0.3) is 0 Å². The zero-order valence-corrected chi connectivity index (χ0v) is 15.8. The molecule has 2 aromatic carbocycles. The van der Waals surface area contributed by atoms with Gasteiger partial charge in [-0.05, 0) is 56.4 Å². The lowest BCUT2D eigenvalue weighted by atomic mass is 10.0. The first-order valence-electron chi connectivity index (χ1n) is 9.18. The molecule has 0 aromatic heterocycles. The molecule has 4 heteroatoms. The highest BCUT2D eigenvalue weighted by Gasteiger charge is 2.48. The second-order valence-corrected chi connectivity index (χ2v) is 7.21. The monoisotopic (exact) mass is 350 g/mol. The Kier molecular flexibility index (Phi) is 5.12. The number of hydrogen-bond acceptors (Lipinski definition) is 2. The fourth-order valence-electron chi connectivity index (χ4n) is 3.54. The van der Waals surface area contributed by atoms with Gasteiger partial charge in [-0.1, -0.05) is 42.8 Å². The number of carbonyl (C=O) groups excluding carboxylic acids is 2. The molecule has 2 N–H and O–H groups in total. The average molecular weight is 350 g/mol. The van der Waals surface area contributed by atoms with Crippen LogP contribution in [-0.4, -0.2) is 11.8 Å². The van der Waals surface area contributed by atoms with E-state index in [0.29, 0.717) is 6.42 Å². The van der Waals surface area contributed by atoms with Crippen molar-refractivity contribution < 1.29 is 9.59 Å². The van der Waals surface area contributed by atoms with Crippen LogP contribution in [-0.2, 0) is 16.0 Å². The van der Waals surface area contributed by atoms with E-state index >= 15 is 0 Å². The molecule has 2 unspecified atom stereocenters. The number of hydrogen-bond donors (Lipinski definition) is 2. The van der Waals surface area contributed by atoms with Crippen molar-refractivity contribution in [1.29, 1.82) is 0 Å². The molecular weight excluding hydrogens is 324 g/mol. The summed E-state index contributed by atoms with van der Waals surface area (Å²) in [6.45, 7) is 8.09. The lowest BCUT2D eigenvalue weighted by Crippen LogP contribution is -2.21. The summed E-state index contributed by atoms with van der Waals surface area (Å²) in [4.78, 5) is 25.1. The molecule has 0 spiro atoms. The van der Waals surface area contributed by atoms with Crippen LogP contribution < -0.4 is 10.6 Å². The average Bonchev–Trinajstić information content (AvgIpc) is 3.39. The first-order chi connectivity index (χ1) is 12.4. The highest BCUT2D eigenvalue weighted by Crippen LogP contribution is 2.41. The van der Waals surface area contributed by atoms with Crippen molar-refractivity contribution in [2.75, 3.05) is 10.6 Å². The Hall–Kier alpha value is -2.62. The quantitative estimate of drug-likeness (QED) is 0.840. The van der Waals surface area contributed by atoms with Gasteiger partial charge in [0.2, 0.25) is 11.8 Å². The fraction of sp³-hybridized carbons (Fsp3) is 0.364. The maximum atomic E-state index is 12.6. The van der Waals surface area contributed by atoms with Crippen LogP contribution in [0.5, 0.6) is 0 Å². The molecule has 136 valence electrons. The Labute approximate surface area is 155 Å². The van der Waals surface area contributed by atoms with Gasteiger partial charge in [-0.3, -0.25) is 9.59 Å². The predicted octanol–water partition coefficient (Wildman–Crippen LogP) is 4.39. The van der Waals surface area contributed by atoms with E-state index in [2.05, 4.69) is 29.7 Å². The summed E-state index contributed by atoms with van der Waals surface area (Å²) >= 11 is 0. The number of anilines is 2. The van der Waals surface area contributed by atoms with Gasteiger partial charge >= 0.3 is 0 Å². The van der Waals surface area contributed by atoms with E-state index < -0.39 is 0 Å². The molecule has 3 rings (SSSR count). The van der Waals surface area contributed by atoms with Crippen LogP contribution >= 0.6 is 0 Å². The van der Waals surface area contributed by atoms with Gasteiger partial charge in [0.05, 0.1) is 11.8 Å². The molecule has 2 atom stereocenters. The molecule has 26 heavy (non-hydrogen) atoms. The maximum absolute atomic E-state index is 12.6. The zero-order valence-electron chi connectivity index (χ0n) is 15.8. The van der Waals surface area contributed by atoms with E-state index in [1.54, 1.807) is 0 Å². The number of para-hydroxylation sites is 1. The van der Waals surface area contributed by atoms with Crippen molar-refractivity contribution in [2.24, 2.45) is 11.8 Å². The van der Waals surface area contributed by atoms with E-state index in [1.807, 2.05) is 45.0 Å². The van der Waals surface area contributed by atoms with Crippen molar-refractivity contribution in [3.05, 3.63) is 58.7 Å². The van der Waals surface area contributed by atoms with Gasteiger partial charge in [-0.15, -0.1) is 0 Å². The highest BCUT2D eigenvalue weighted by atomic mass is 16.2. The van der Waals surface area contributed by atoms with E-state index in [9.17, 15) is 9.59 Å². The smallest absolute Gasteiger partial charge is 0.228 e. The normalized spacial score (nSPS) is 18.3. The second kappa shape index (κ2) is 7.32. The van der Waals surface area contributed by atoms with Crippen LogP contribution in [0.15, 0.2) is 36.4 Å². The Morgan fingerprint density at radius 1 is 0.962 bits per heavy atom. The molecule has 0 radical (unpaired) electrons. The Morgan fingerprint density at radius 2 is 1.54 bits per heavy atom. The topological polar surface area (TPSA) is 58.2 Å². The van der Waals surface area contributed by atoms with Crippen LogP contribution in [0.25, 0.3) is 0 Å². The van der Waals surface area contributed by atoms with E-state index in [-0.39, 0.29) is 23.7 Å². The molecule has 1 saturated carbocycles. The van der Waals surface area contributed by atoms with Crippen molar-refractivity contribution in [3.8, 4) is 0 Å². The maximum Gasteiger partial charge on any atom is 0.228 e. The van der Waals surface area contributed by atoms with Crippen LogP contribution in [0.2, 0.25) is 0 Å². The number of carbonyl (C=O) groups is 2. The molecule has 4 nitrogen and oxygen atoms in total. The number of amides is 2. The summed E-state index contributed by atoms with van der Waals surface area (Å²) in [5.41, 5.74) is 6.09. The summed E-state index contributed by atoms with van der Waals surface area (Å²) in [5.74, 6) is -0.623. The standard InChI is InChI=1S/C22H26N2O2/c1-5-16-8-6-7-9-19(16)23-21(25)17-12-18(17)22(26)24-20-14(3)10-13(2)11-15(20)4/h6-11,17-18H,5,12H2,1-4H3,(H,23,25)(H,24,26). The first-order valence-corrected chi connectivity index (χ1v) is 9.18. The molecule has 2 aromatic rings. The summed E-state index contributed by atoms with van der Waals surface area (Å²) in [6, 6.07) is 11.9. The van der Waals surface area contributed by atoms with Crippen LogP contribution in [0.3, 0.4) is 0 Å². The molecule has 1 fully saturated rings. The van der Waals surface area contributed by atoms with Gasteiger partial charge in [0.15, 0.2) is 0 Å². The van der Waals surface area contributed by atoms with Gasteiger partial charge < -0.3 is 10.6 Å². The number of nitrogens with one attached hydrogen (secondary N) is 2. The third-order valence-corrected chi connectivity index (χ3v) is 5.05. The van der Waals surface area contributed by atoms with Crippen molar-refractivity contribution >= 4 is 23.2 Å². The lowest BCUT2D eigenvalue weighted by molar-refractivity contribution is -0.122. The Balaban J connectivity index is 1.63. The van der Waals surface area contributed by atoms with Crippen LogP contribution in [0.1, 0.15) is 35.6 Å². The third-order valence-electron chi connectivity index (χ3n) is 5.05. The fourth-order valence-corrected chi connectivity index (χ4v) is 3.54. The zero-order chi connectivity index (χ0) is 18.8. The number of benzene rings is 2. The minimum absolute atomic E-state index is 0.0658. The summed E-state index contributed by atoms with van der Waals surface area (Å²) in [7, 11) is 0. The third kappa shape index (κ3) is 3.79. The van der Waals surface area contributed by atoms with Gasteiger partial charge in [0, 0.05) is 11.4 Å². The predicted molar refractivity (Wildman–Crippen MR) is 105 cm³/mol. The van der Waals surface area contributed by atoms with Crippen molar-refractivity contribution in [2.45, 2.75) is 40.5 Å². The molecule has 2 amide bonds. The van der Waals surface area contributed by atoms with Crippen molar-refractivity contribution in [1.82, 2.24) is 0 Å². The van der Waals surface area contributed by atoms with Gasteiger partial charge in [-0.2, -0.15) is 0 Å². The summed E-state index contributed by atoms with van der Waals surface area (Å²) < 4.78 is 0. The second-order valence-electron chi connectivity index (χ2n) is 7.21. The molecular formula is C22H26N2O2. The summed E-state index contributed by atoms with van der Waals surface area (Å²) in [5, 5.41) is 6.00. The highest BCUT2D eigenvalue weighted by molar-refractivity contribution is 6.04. The van der Waals surface area contributed by atoms with Crippen LogP contribution in [0, 0.1) is 32.6 Å². The van der Waals surface area contributed by atoms with Gasteiger partial charge in [-0.25, -0.2) is 0 Å². The van der Waals surface area contributed by atoms with Crippen molar-refractivity contribution in [3.63, 3.8) is 0 Å². The molecule has 1 aliphatic rings. The van der Waals surface area contributed by atoms with E-state index in [1.165, 1.54) is 5.56 Å². The summed E-state index contributed by atoms with van der Waals surface area (Å²) in [6.07, 6.45) is 1.47. The molecule has 0 aliphatic heterocycles. The minimum Gasteiger partial charge on any atom is -0.326 e. The SMILES string of the molecule is CCc1ccccc1NC(=O)C1CC1C(=O)Nc1c(C)cc(C)cc1C. The minimum atomic E-state index is -0.246.